The predicted octanol–water partition coefficient (Wildman–Crippen LogP) is 0.433. The van der Waals surface area contributed by atoms with Crippen molar-refractivity contribution in [2.45, 2.75) is 0 Å². The number of hydrogen-bond acceptors (Lipinski definition) is 7. The van der Waals surface area contributed by atoms with Gasteiger partial charge in [0.15, 0.2) is 11.0 Å². The number of nitrogens with two attached hydrogens (primary N) is 3. The zero-order chi connectivity index (χ0) is 12.0. The zero-order valence-electron chi connectivity index (χ0n) is 8.66. The van der Waals surface area contributed by atoms with Crippen LogP contribution in [0.15, 0.2) is 18.2 Å². The summed E-state index contributed by atoms with van der Waals surface area (Å²) >= 11 is 1.41. The minimum absolute atomic E-state index is 0.170. The molecule has 0 aliphatic rings. The van der Waals surface area contributed by atoms with Crippen LogP contribution in [0.2, 0.25) is 0 Å². The van der Waals surface area contributed by atoms with Crippen LogP contribution in [0.3, 0.4) is 0 Å². The molecule has 6 N–H and O–H groups in total. The van der Waals surface area contributed by atoms with Gasteiger partial charge in [0.2, 0.25) is 5.95 Å². The lowest BCUT2D eigenvalue weighted by Crippen LogP contribution is -2.13. The molecule has 0 atom stereocenters. The normalized spacial score (nSPS) is 11.1. The molecule has 0 amide bonds. The zero-order valence-corrected chi connectivity index (χ0v) is 9.48. The molecule has 0 spiro atoms. The molecule has 0 saturated heterocycles. The van der Waals surface area contributed by atoms with Gasteiger partial charge in [0.25, 0.3) is 0 Å². The van der Waals surface area contributed by atoms with E-state index in [1.54, 1.807) is 0 Å². The molecule has 2 aromatic heterocycles. The third-order valence-electron chi connectivity index (χ3n) is 2.39. The van der Waals surface area contributed by atoms with Gasteiger partial charge in [-0.05, 0) is 18.2 Å². The Kier molecular flexibility index (Phi) is 1.92. The summed E-state index contributed by atoms with van der Waals surface area (Å²) < 4.78 is 2.22. The second kappa shape index (κ2) is 3.32. The first-order valence-corrected chi connectivity index (χ1v) is 5.59. The number of nitrogen functional groups attached to an aromatic ring is 3. The standard InChI is InChI=1S/C9H9N7S/c10-8-15-14-7(16(8)12)4-1-2-5-6(3-4)17-9(11)13-5/h1-3H,12H2,(H2,10,15)(H2,11,13). The van der Waals surface area contributed by atoms with Crippen LogP contribution in [-0.4, -0.2) is 19.9 Å². The van der Waals surface area contributed by atoms with E-state index in [4.69, 9.17) is 17.3 Å². The lowest BCUT2D eigenvalue weighted by atomic mass is 10.2. The van der Waals surface area contributed by atoms with Gasteiger partial charge in [-0.1, -0.05) is 11.3 Å². The molecule has 2 heterocycles. The third-order valence-corrected chi connectivity index (χ3v) is 3.23. The van der Waals surface area contributed by atoms with E-state index in [0.29, 0.717) is 11.0 Å². The number of fused-ring (bicyclic) bond motifs is 1. The van der Waals surface area contributed by atoms with Gasteiger partial charge in [0.1, 0.15) is 0 Å². The first kappa shape index (κ1) is 9.85. The topological polar surface area (TPSA) is 122 Å². The Morgan fingerprint density at radius 3 is 2.71 bits per heavy atom. The molecule has 0 aliphatic heterocycles. The quantitative estimate of drug-likeness (QED) is 0.536. The van der Waals surface area contributed by atoms with Crippen molar-refractivity contribution in [1.29, 1.82) is 0 Å². The van der Waals surface area contributed by atoms with E-state index in [0.717, 1.165) is 15.8 Å². The third kappa shape index (κ3) is 1.46. The Bertz CT molecular complexity index is 699. The molecule has 86 valence electrons. The summed E-state index contributed by atoms with van der Waals surface area (Å²) in [5.41, 5.74) is 12.9. The maximum absolute atomic E-state index is 5.71. The summed E-state index contributed by atoms with van der Waals surface area (Å²) in [5.74, 6) is 6.39. The second-order valence-corrected chi connectivity index (χ2v) is 4.55. The molecular weight excluding hydrogens is 238 g/mol. The van der Waals surface area contributed by atoms with Crippen molar-refractivity contribution in [2.24, 2.45) is 0 Å². The molecule has 17 heavy (non-hydrogen) atoms. The van der Waals surface area contributed by atoms with Gasteiger partial charge >= 0.3 is 0 Å². The summed E-state index contributed by atoms with van der Waals surface area (Å²) in [6, 6.07) is 5.63. The summed E-state index contributed by atoms with van der Waals surface area (Å²) in [6.45, 7) is 0. The van der Waals surface area contributed by atoms with E-state index < -0.39 is 0 Å². The van der Waals surface area contributed by atoms with Crippen molar-refractivity contribution in [3.8, 4) is 11.4 Å². The Morgan fingerprint density at radius 1 is 1.18 bits per heavy atom. The Labute approximate surface area is 99.8 Å². The lowest BCUT2D eigenvalue weighted by Gasteiger charge is -2.00. The molecule has 8 heteroatoms. The van der Waals surface area contributed by atoms with Gasteiger partial charge in [-0.3, -0.25) is 0 Å². The van der Waals surface area contributed by atoms with Gasteiger partial charge in [-0.25, -0.2) is 9.66 Å². The number of nitrogens with zero attached hydrogens (tertiary/aromatic N) is 4. The van der Waals surface area contributed by atoms with E-state index in [2.05, 4.69) is 15.2 Å². The maximum Gasteiger partial charge on any atom is 0.241 e. The maximum atomic E-state index is 5.71. The Morgan fingerprint density at radius 2 is 2.00 bits per heavy atom. The van der Waals surface area contributed by atoms with Crippen molar-refractivity contribution < 1.29 is 0 Å². The number of rotatable bonds is 1. The van der Waals surface area contributed by atoms with Crippen molar-refractivity contribution in [3.63, 3.8) is 0 Å². The van der Waals surface area contributed by atoms with Crippen LogP contribution in [0.1, 0.15) is 0 Å². The van der Waals surface area contributed by atoms with Crippen LogP contribution in [0, 0.1) is 0 Å². The molecule has 7 nitrogen and oxygen atoms in total. The fourth-order valence-corrected chi connectivity index (χ4v) is 2.36. The monoisotopic (exact) mass is 247 g/mol. The fraction of sp³-hybridized carbons (Fsp3) is 0. The van der Waals surface area contributed by atoms with Crippen LogP contribution in [0.5, 0.6) is 0 Å². The molecule has 3 aromatic rings. The molecule has 3 rings (SSSR count). The average Bonchev–Trinajstić information content (AvgIpc) is 2.81. The highest BCUT2D eigenvalue weighted by Crippen LogP contribution is 2.28. The second-order valence-electron chi connectivity index (χ2n) is 3.49. The summed E-state index contributed by atoms with van der Waals surface area (Å²) in [5, 5.41) is 8.15. The lowest BCUT2D eigenvalue weighted by molar-refractivity contribution is 1.02. The molecular formula is C9H9N7S. The van der Waals surface area contributed by atoms with Gasteiger partial charge in [0.05, 0.1) is 10.2 Å². The van der Waals surface area contributed by atoms with Gasteiger partial charge in [-0.2, -0.15) is 0 Å². The average molecular weight is 247 g/mol. The smallest absolute Gasteiger partial charge is 0.241 e. The molecule has 0 fully saturated rings. The first-order chi connectivity index (χ1) is 8.15. The van der Waals surface area contributed by atoms with E-state index in [1.807, 2.05) is 18.2 Å². The molecule has 0 unspecified atom stereocenters. The highest BCUT2D eigenvalue weighted by Gasteiger charge is 2.10. The fourth-order valence-electron chi connectivity index (χ4n) is 1.58. The van der Waals surface area contributed by atoms with Crippen LogP contribution < -0.4 is 17.3 Å². The van der Waals surface area contributed by atoms with Crippen molar-refractivity contribution >= 4 is 32.6 Å². The SMILES string of the molecule is Nc1nc2ccc(-c3nnc(N)n3N)cc2s1. The van der Waals surface area contributed by atoms with Crippen molar-refractivity contribution in [1.82, 2.24) is 19.9 Å². The number of anilines is 2. The largest absolute Gasteiger partial charge is 0.375 e. The predicted molar refractivity (Wildman–Crippen MR) is 67.6 cm³/mol. The summed E-state index contributed by atoms with van der Waals surface area (Å²) in [6.07, 6.45) is 0. The minimum atomic E-state index is 0.170. The first-order valence-electron chi connectivity index (χ1n) is 4.77. The van der Waals surface area contributed by atoms with Crippen LogP contribution in [0.4, 0.5) is 11.1 Å². The van der Waals surface area contributed by atoms with Crippen molar-refractivity contribution in [3.05, 3.63) is 18.2 Å². The number of thiazole rings is 1. The molecule has 0 aliphatic carbocycles. The number of aromatic nitrogens is 4. The minimum Gasteiger partial charge on any atom is -0.375 e. The molecule has 0 radical (unpaired) electrons. The number of hydrogen-bond donors (Lipinski definition) is 3. The van der Waals surface area contributed by atoms with Gasteiger partial charge < -0.3 is 17.3 Å². The van der Waals surface area contributed by atoms with E-state index >= 15 is 0 Å². The highest BCUT2D eigenvalue weighted by molar-refractivity contribution is 7.22. The Hall–Kier alpha value is -2.35. The highest BCUT2D eigenvalue weighted by atomic mass is 32.1. The summed E-state index contributed by atoms with van der Waals surface area (Å²) in [4.78, 5) is 4.17. The van der Waals surface area contributed by atoms with Crippen LogP contribution in [0.25, 0.3) is 21.6 Å². The van der Waals surface area contributed by atoms with E-state index in [1.165, 1.54) is 16.0 Å². The molecule has 0 bridgehead atoms. The molecule has 0 saturated carbocycles. The van der Waals surface area contributed by atoms with E-state index in [9.17, 15) is 0 Å². The molecule has 1 aromatic carbocycles. The van der Waals surface area contributed by atoms with Gasteiger partial charge in [-0.15, -0.1) is 10.2 Å². The van der Waals surface area contributed by atoms with E-state index in [-0.39, 0.29) is 5.95 Å². The van der Waals surface area contributed by atoms with Gasteiger partial charge in [0, 0.05) is 5.56 Å². The number of benzene rings is 1. The van der Waals surface area contributed by atoms with Crippen molar-refractivity contribution in [2.75, 3.05) is 17.3 Å². The van der Waals surface area contributed by atoms with Crippen LogP contribution >= 0.6 is 11.3 Å². The Balaban J connectivity index is 2.20. The van der Waals surface area contributed by atoms with Crippen LogP contribution in [-0.2, 0) is 0 Å². The summed E-state index contributed by atoms with van der Waals surface area (Å²) in [7, 11) is 0.